The molecule has 1 unspecified atom stereocenters. The molecule has 0 saturated heterocycles. The quantitative estimate of drug-likeness (QED) is 0.729. The van der Waals surface area contributed by atoms with Crippen LogP contribution >= 0.6 is 0 Å². The third-order valence-electron chi connectivity index (χ3n) is 3.29. The number of hydrogen-bond acceptors (Lipinski definition) is 2. The van der Waals surface area contributed by atoms with Crippen LogP contribution in [0.5, 0.6) is 0 Å². The van der Waals surface area contributed by atoms with Crippen molar-refractivity contribution in [2.75, 3.05) is 0 Å². The number of hydrogen-bond donors (Lipinski definition) is 2. The topological polar surface area (TPSA) is 63.3 Å². The molecule has 0 aromatic carbocycles. The molecular weight excluding hydrogens is 178 g/mol. The van der Waals surface area contributed by atoms with E-state index in [4.69, 9.17) is 10.8 Å². The second-order valence-electron chi connectivity index (χ2n) is 4.77. The number of rotatable bonds is 4. The first-order chi connectivity index (χ1) is 6.52. The zero-order chi connectivity index (χ0) is 10.6. The molecule has 82 valence electrons. The van der Waals surface area contributed by atoms with Gasteiger partial charge >= 0.3 is 5.97 Å². The van der Waals surface area contributed by atoms with Crippen LogP contribution in [-0.2, 0) is 4.79 Å². The summed E-state index contributed by atoms with van der Waals surface area (Å²) in [6.07, 6.45) is 8.05. The Balaban J connectivity index is 2.28. The third kappa shape index (κ3) is 3.29. The number of carboxylic acid groups (broad SMARTS) is 1. The van der Waals surface area contributed by atoms with E-state index in [-0.39, 0.29) is 0 Å². The van der Waals surface area contributed by atoms with Crippen LogP contribution in [0.2, 0.25) is 0 Å². The van der Waals surface area contributed by atoms with Gasteiger partial charge in [-0.1, -0.05) is 32.1 Å². The first kappa shape index (κ1) is 11.5. The highest BCUT2D eigenvalue weighted by molar-refractivity contribution is 5.77. The van der Waals surface area contributed by atoms with Gasteiger partial charge in [0, 0.05) is 0 Å². The SMILES string of the molecule is CC(N)(CCC1CCCCC1)C(=O)O. The van der Waals surface area contributed by atoms with Crippen molar-refractivity contribution < 1.29 is 9.90 Å². The average molecular weight is 199 g/mol. The molecule has 1 aliphatic rings. The van der Waals surface area contributed by atoms with E-state index in [1.165, 1.54) is 32.1 Å². The lowest BCUT2D eigenvalue weighted by molar-refractivity contribution is -0.143. The van der Waals surface area contributed by atoms with Crippen molar-refractivity contribution in [3.05, 3.63) is 0 Å². The summed E-state index contributed by atoms with van der Waals surface area (Å²) in [5.41, 5.74) is 4.65. The number of aliphatic carboxylic acids is 1. The summed E-state index contributed by atoms with van der Waals surface area (Å²) in [7, 11) is 0. The van der Waals surface area contributed by atoms with Gasteiger partial charge in [-0.25, -0.2) is 0 Å². The van der Waals surface area contributed by atoms with Gasteiger partial charge in [0.15, 0.2) is 0 Å². The molecule has 0 bridgehead atoms. The van der Waals surface area contributed by atoms with E-state index in [2.05, 4.69) is 0 Å². The van der Waals surface area contributed by atoms with Crippen molar-refractivity contribution in [1.29, 1.82) is 0 Å². The molecule has 3 nitrogen and oxygen atoms in total. The molecule has 0 radical (unpaired) electrons. The minimum absolute atomic E-state index is 0.604. The van der Waals surface area contributed by atoms with E-state index in [1.807, 2.05) is 0 Å². The van der Waals surface area contributed by atoms with Crippen LogP contribution in [0, 0.1) is 5.92 Å². The van der Waals surface area contributed by atoms with Crippen LogP contribution in [0.4, 0.5) is 0 Å². The van der Waals surface area contributed by atoms with E-state index in [9.17, 15) is 4.79 Å². The lowest BCUT2D eigenvalue weighted by atomic mass is 9.83. The van der Waals surface area contributed by atoms with Gasteiger partial charge in [-0.05, 0) is 25.7 Å². The fraction of sp³-hybridized carbons (Fsp3) is 0.909. The molecule has 1 fully saturated rings. The van der Waals surface area contributed by atoms with Crippen LogP contribution < -0.4 is 5.73 Å². The highest BCUT2D eigenvalue weighted by Crippen LogP contribution is 2.28. The maximum atomic E-state index is 10.8. The fourth-order valence-electron chi connectivity index (χ4n) is 2.09. The standard InChI is InChI=1S/C11H21NO2/c1-11(12,10(13)14)8-7-9-5-3-2-4-6-9/h9H,2-8,12H2,1H3,(H,13,14). The maximum absolute atomic E-state index is 10.8. The molecule has 1 saturated carbocycles. The zero-order valence-electron chi connectivity index (χ0n) is 8.96. The van der Waals surface area contributed by atoms with Crippen molar-refractivity contribution in [3.63, 3.8) is 0 Å². The Labute approximate surface area is 85.7 Å². The highest BCUT2D eigenvalue weighted by atomic mass is 16.4. The van der Waals surface area contributed by atoms with Crippen LogP contribution in [0.3, 0.4) is 0 Å². The van der Waals surface area contributed by atoms with Crippen molar-refractivity contribution in [3.8, 4) is 0 Å². The molecule has 3 heteroatoms. The van der Waals surface area contributed by atoms with E-state index < -0.39 is 11.5 Å². The lowest BCUT2D eigenvalue weighted by Gasteiger charge is -2.25. The second-order valence-corrected chi connectivity index (χ2v) is 4.77. The second kappa shape index (κ2) is 4.78. The predicted molar refractivity (Wildman–Crippen MR) is 56.0 cm³/mol. The van der Waals surface area contributed by atoms with Crippen molar-refractivity contribution in [1.82, 2.24) is 0 Å². The molecule has 1 rings (SSSR count). The largest absolute Gasteiger partial charge is 0.480 e. The predicted octanol–water partition coefficient (Wildman–Crippen LogP) is 2.15. The first-order valence-electron chi connectivity index (χ1n) is 5.54. The monoisotopic (exact) mass is 199 g/mol. The van der Waals surface area contributed by atoms with E-state index in [1.54, 1.807) is 6.92 Å². The summed E-state index contributed by atoms with van der Waals surface area (Å²) in [4.78, 5) is 10.8. The molecule has 1 aliphatic carbocycles. The van der Waals surface area contributed by atoms with E-state index in [0.29, 0.717) is 12.3 Å². The van der Waals surface area contributed by atoms with Crippen LogP contribution in [0.15, 0.2) is 0 Å². The van der Waals surface area contributed by atoms with Gasteiger partial charge in [-0.15, -0.1) is 0 Å². The molecular formula is C11H21NO2. The maximum Gasteiger partial charge on any atom is 0.323 e. The first-order valence-corrected chi connectivity index (χ1v) is 5.54. The molecule has 0 aromatic rings. The van der Waals surface area contributed by atoms with Crippen LogP contribution in [-0.4, -0.2) is 16.6 Å². The summed E-state index contributed by atoms with van der Waals surface area (Å²) >= 11 is 0. The lowest BCUT2D eigenvalue weighted by Crippen LogP contribution is -2.45. The zero-order valence-corrected chi connectivity index (χ0v) is 8.96. The van der Waals surface area contributed by atoms with Crippen molar-refractivity contribution in [2.24, 2.45) is 11.7 Å². The number of carbonyl (C=O) groups is 1. The molecule has 0 amide bonds. The van der Waals surface area contributed by atoms with Crippen LogP contribution in [0.1, 0.15) is 51.9 Å². The summed E-state index contributed by atoms with van der Waals surface area (Å²) in [6, 6.07) is 0. The van der Waals surface area contributed by atoms with Gasteiger partial charge in [0.2, 0.25) is 0 Å². The minimum atomic E-state index is -1.03. The molecule has 0 spiro atoms. The summed E-state index contributed by atoms with van der Waals surface area (Å²) in [5, 5.41) is 8.85. The highest BCUT2D eigenvalue weighted by Gasteiger charge is 2.28. The Bertz CT molecular complexity index is 195. The van der Waals surface area contributed by atoms with Gasteiger partial charge in [0.1, 0.15) is 5.54 Å². The molecule has 3 N–H and O–H groups in total. The van der Waals surface area contributed by atoms with Gasteiger partial charge in [0.05, 0.1) is 0 Å². The normalized spacial score (nSPS) is 23.0. The summed E-state index contributed by atoms with van der Waals surface area (Å²) in [5.74, 6) is -0.167. The molecule has 0 aliphatic heterocycles. The Morgan fingerprint density at radius 2 is 2.00 bits per heavy atom. The third-order valence-corrected chi connectivity index (χ3v) is 3.29. The summed E-state index contributed by atoms with van der Waals surface area (Å²) in [6.45, 7) is 1.61. The molecule has 0 heterocycles. The Morgan fingerprint density at radius 1 is 1.43 bits per heavy atom. The van der Waals surface area contributed by atoms with Gasteiger partial charge in [-0.2, -0.15) is 0 Å². The molecule has 14 heavy (non-hydrogen) atoms. The summed E-state index contributed by atoms with van der Waals surface area (Å²) < 4.78 is 0. The van der Waals surface area contributed by atoms with E-state index >= 15 is 0 Å². The number of nitrogens with two attached hydrogens (primary N) is 1. The number of carboxylic acids is 1. The van der Waals surface area contributed by atoms with Gasteiger partial charge in [0.25, 0.3) is 0 Å². The molecule has 1 atom stereocenters. The van der Waals surface area contributed by atoms with E-state index in [0.717, 1.165) is 6.42 Å². The Morgan fingerprint density at radius 3 is 2.50 bits per heavy atom. The van der Waals surface area contributed by atoms with Crippen molar-refractivity contribution >= 4 is 5.97 Å². The smallest absolute Gasteiger partial charge is 0.323 e. The average Bonchev–Trinajstić information content (AvgIpc) is 2.16. The Hall–Kier alpha value is -0.570. The van der Waals surface area contributed by atoms with Crippen molar-refractivity contribution in [2.45, 2.75) is 57.4 Å². The minimum Gasteiger partial charge on any atom is -0.480 e. The van der Waals surface area contributed by atoms with Crippen LogP contribution in [0.25, 0.3) is 0 Å². The van der Waals surface area contributed by atoms with Gasteiger partial charge < -0.3 is 10.8 Å². The van der Waals surface area contributed by atoms with Gasteiger partial charge in [-0.3, -0.25) is 4.79 Å². The Kier molecular flexibility index (Phi) is 3.93. The molecule has 0 aromatic heterocycles. The fourth-order valence-corrected chi connectivity index (χ4v) is 2.09.